The summed E-state index contributed by atoms with van der Waals surface area (Å²) in [6, 6.07) is 9.32. The Hall–Kier alpha value is -1.60. The van der Waals surface area contributed by atoms with Gasteiger partial charge in [-0.1, -0.05) is 30.3 Å². The van der Waals surface area contributed by atoms with Crippen LogP contribution in [0.5, 0.6) is 0 Å². The normalized spacial score (nSPS) is 22.2. The summed E-state index contributed by atoms with van der Waals surface area (Å²) >= 11 is 0. The van der Waals surface area contributed by atoms with Crippen LogP contribution >= 0.6 is 0 Å². The molecule has 0 unspecified atom stereocenters. The van der Waals surface area contributed by atoms with Gasteiger partial charge in [0.15, 0.2) is 9.84 Å². The van der Waals surface area contributed by atoms with E-state index >= 15 is 0 Å². The van der Waals surface area contributed by atoms with E-state index in [1.54, 1.807) is 12.0 Å². The molecule has 128 valence electrons. The minimum atomic E-state index is -3.04. The molecule has 2 rings (SSSR count). The lowest BCUT2D eigenvalue weighted by atomic mass is 10.1. The number of amides is 2. The van der Waals surface area contributed by atoms with Gasteiger partial charge < -0.3 is 15.0 Å². The number of rotatable bonds is 4. The lowest BCUT2D eigenvalue weighted by Crippen LogP contribution is -2.46. The fourth-order valence-electron chi connectivity index (χ4n) is 2.65. The molecular weight excluding hydrogens is 316 g/mol. The van der Waals surface area contributed by atoms with Gasteiger partial charge in [0, 0.05) is 26.2 Å². The van der Waals surface area contributed by atoms with Crippen LogP contribution < -0.4 is 5.32 Å². The van der Waals surface area contributed by atoms with Crippen molar-refractivity contribution in [1.82, 2.24) is 10.2 Å². The zero-order valence-electron chi connectivity index (χ0n) is 13.6. The third kappa shape index (κ3) is 4.94. The van der Waals surface area contributed by atoms with Crippen LogP contribution in [0.15, 0.2) is 30.3 Å². The average Bonchev–Trinajstić information content (AvgIpc) is 2.67. The third-order valence-corrected chi connectivity index (χ3v) is 5.84. The molecule has 1 fully saturated rings. The van der Waals surface area contributed by atoms with E-state index in [0.29, 0.717) is 13.0 Å². The summed E-state index contributed by atoms with van der Waals surface area (Å²) in [6.45, 7) is 2.46. The quantitative estimate of drug-likeness (QED) is 0.903. The van der Waals surface area contributed by atoms with Gasteiger partial charge >= 0.3 is 6.03 Å². The van der Waals surface area contributed by atoms with E-state index in [1.807, 2.05) is 37.3 Å². The molecule has 2 amide bonds. The Morgan fingerprint density at radius 3 is 2.70 bits per heavy atom. The topological polar surface area (TPSA) is 75.7 Å². The highest BCUT2D eigenvalue weighted by Crippen LogP contribution is 2.16. The maximum Gasteiger partial charge on any atom is 0.317 e. The standard InChI is InChI=1S/C16H24N2O4S/c1-13-8-10-23(20,21)11-9-18(13)16(19)17-12-15(22-2)14-6-4-3-5-7-14/h3-7,13,15H,8-12H2,1-2H3,(H,17,19)/t13-,15-/m1/s1. The maximum atomic E-state index is 12.4. The molecule has 6 nitrogen and oxygen atoms in total. The number of carbonyl (C=O) groups is 1. The molecule has 2 atom stereocenters. The van der Waals surface area contributed by atoms with Gasteiger partial charge in [-0.15, -0.1) is 0 Å². The van der Waals surface area contributed by atoms with Crippen molar-refractivity contribution in [3.8, 4) is 0 Å². The minimum Gasteiger partial charge on any atom is -0.375 e. The SMILES string of the molecule is CO[C@H](CNC(=O)N1CCS(=O)(=O)CC[C@H]1C)c1ccccc1. The van der Waals surface area contributed by atoms with E-state index in [1.165, 1.54) is 0 Å². The van der Waals surface area contributed by atoms with Crippen molar-refractivity contribution >= 4 is 15.9 Å². The summed E-state index contributed by atoms with van der Waals surface area (Å²) < 4.78 is 28.8. The number of methoxy groups -OCH3 is 1. The van der Waals surface area contributed by atoms with Gasteiger partial charge in [0.1, 0.15) is 0 Å². The van der Waals surface area contributed by atoms with Gasteiger partial charge in [0.2, 0.25) is 0 Å². The van der Waals surface area contributed by atoms with Crippen molar-refractivity contribution in [2.75, 3.05) is 31.7 Å². The van der Waals surface area contributed by atoms with E-state index in [2.05, 4.69) is 5.32 Å². The Morgan fingerprint density at radius 2 is 2.04 bits per heavy atom. The van der Waals surface area contributed by atoms with Gasteiger partial charge in [0.05, 0.1) is 17.6 Å². The number of hydrogen-bond donors (Lipinski definition) is 1. The molecule has 1 aliphatic heterocycles. The number of sulfone groups is 1. The molecule has 1 aromatic rings. The van der Waals surface area contributed by atoms with Crippen LogP contribution in [0.2, 0.25) is 0 Å². The first kappa shape index (κ1) is 17.7. The van der Waals surface area contributed by atoms with Crippen molar-refractivity contribution in [2.24, 2.45) is 0 Å². The van der Waals surface area contributed by atoms with Crippen LogP contribution in [0.3, 0.4) is 0 Å². The molecule has 0 aromatic heterocycles. The zero-order valence-corrected chi connectivity index (χ0v) is 14.4. The molecule has 1 heterocycles. The number of ether oxygens (including phenoxy) is 1. The summed E-state index contributed by atoms with van der Waals surface area (Å²) in [7, 11) is -1.44. The van der Waals surface area contributed by atoms with Gasteiger partial charge in [-0.25, -0.2) is 13.2 Å². The number of nitrogens with one attached hydrogen (secondary N) is 1. The summed E-state index contributed by atoms with van der Waals surface area (Å²) in [6.07, 6.45) is 0.244. The first-order chi connectivity index (χ1) is 10.9. The third-order valence-electron chi connectivity index (χ3n) is 4.18. The Morgan fingerprint density at radius 1 is 1.35 bits per heavy atom. The number of carbonyl (C=O) groups excluding carboxylic acids is 1. The van der Waals surface area contributed by atoms with Crippen LogP contribution in [0.1, 0.15) is 25.0 Å². The first-order valence-corrected chi connectivity index (χ1v) is 9.57. The monoisotopic (exact) mass is 340 g/mol. The fourth-order valence-corrected chi connectivity index (χ4v) is 4.03. The molecule has 0 spiro atoms. The molecule has 1 aliphatic rings. The molecule has 0 bridgehead atoms. The number of urea groups is 1. The van der Waals surface area contributed by atoms with Crippen molar-refractivity contribution in [3.63, 3.8) is 0 Å². The van der Waals surface area contributed by atoms with Gasteiger partial charge in [0.25, 0.3) is 0 Å². The second kappa shape index (κ2) is 7.79. The Labute approximate surface area is 137 Å². The van der Waals surface area contributed by atoms with Gasteiger partial charge in [-0.2, -0.15) is 0 Å². The second-order valence-electron chi connectivity index (χ2n) is 5.80. The summed E-state index contributed by atoms with van der Waals surface area (Å²) in [4.78, 5) is 14.0. The summed E-state index contributed by atoms with van der Waals surface area (Å²) in [5, 5.41) is 2.85. The molecule has 23 heavy (non-hydrogen) atoms. The highest BCUT2D eigenvalue weighted by atomic mass is 32.2. The fraction of sp³-hybridized carbons (Fsp3) is 0.562. The second-order valence-corrected chi connectivity index (χ2v) is 8.11. The van der Waals surface area contributed by atoms with Crippen molar-refractivity contribution in [2.45, 2.75) is 25.5 Å². The van der Waals surface area contributed by atoms with Crippen molar-refractivity contribution in [1.29, 1.82) is 0 Å². The molecular formula is C16H24N2O4S. The van der Waals surface area contributed by atoms with E-state index in [9.17, 15) is 13.2 Å². The Kier molecular flexibility index (Phi) is 6.01. The van der Waals surface area contributed by atoms with Crippen LogP contribution in [-0.4, -0.2) is 57.1 Å². The molecule has 0 saturated carbocycles. The van der Waals surface area contributed by atoms with E-state index in [-0.39, 0.29) is 36.2 Å². The largest absolute Gasteiger partial charge is 0.375 e. The van der Waals surface area contributed by atoms with E-state index in [4.69, 9.17) is 4.74 Å². The smallest absolute Gasteiger partial charge is 0.317 e. The van der Waals surface area contributed by atoms with Gasteiger partial charge in [-0.3, -0.25) is 0 Å². The molecule has 0 aliphatic carbocycles. The van der Waals surface area contributed by atoms with E-state index in [0.717, 1.165) is 5.56 Å². The predicted molar refractivity (Wildman–Crippen MR) is 89.0 cm³/mol. The number of benzene rings is 1. The summed E-state index contributed by atoms with van der Waals surface area (Å²) in [5.74, 6) is 0.166. The molecule has 1 saturated heterocycles. The average molecular weight is 340 g/mol. The first-order valence-electron chi connectivity index (χ1n) is 7.75. The van der Waals surface area contributed by atoms with Crippen LogP contribution in [0.25, 0.3) is 0 Å². The molecule has 7 heteroatoms. The lowest BCUT2D eigenvalue weighted by Gasteiger charge is -2.27. The van der Waals surface area contributed by atoms with E-state index < -0.39 is 9.84 Å². The molecule has 1 aromatic carbocycles. The summed E-state index contributed by atoms with van der Waals surface area (Å²) in [5.41, 5.74) is 0.988. The van der Waals surface area contributed by atoms with Crippen LogP contribution in [0, 0.1) is 0 Å². The minimum absolute atomic E-state index is 0.0250. The van der Waals surface area contributed by atoms with Gasteiger partial charge in [-0.05, 0) is 18.9 Å². The molecule has 1 N–H and O–H groups in total. The predicted octanol–water partition coefficient (Wildman–Crippen LogP) is 1.59. The highest BCUT2D eigenvalue weighted by Gasteiger charge is 2.28. The Balaban J connectivity index is 1.95. The molecule has 0 radical (unpaired) electrons. The highest BCUT2D eigenvalue weighted by molar-refractivity contribution is 7.91. The number of hydrogen-bond acceptors (Lipinski definition) is 4. The zero-order chi connectivity index (χ0) is 16.9. The van der Waals surface area contributed by atoms with Crippen LogP contribution in [0.4, 0.5) is 4.79 Å². The lowest BCUT2D eigenvalue weighted by molar-refractivity contribution is 0.100. The van der Waals surface area contributed by atoms with Crippen molar-refractivity contribution < 1.29 is 17.9 Å². The van der Waals surface area contributed by atoms with Crippen LogP contribution in [-0.2, 0) is 14.6 Å². The Bertz CT molecular complexity index is 618. The van der Waals surface area contributed by atoms with Crippen molar-refractivity contribution in [3.05, 3.63) is 35.9 Å². The maximum absolute atomic E-state index is 12.4. The number of nitrogens with zero attached hydrogens (tertiary/aromatic N) is 1.